The summed E-state index contributed by atoms with van der Waals surface area (Å²) in [6, 6.07) is 7.53. The number of hydrogen-bond donors (Lipinski definition) is 1. The van der Waals surface area contributed by atoms with Crippen molar-refractivity contribution < 1.29 is 4.79 Å². The number of piperidine rings is 1. The first-order valence-electron chi connectivity index (χ1n) is 7.57. The van der Waals surface area contributed by atoms with Crippen molar-refractivity contribution in [1.82, 2.24) is 20.1 Å². The van der Waals surface area contributed by atoms with Crippen LogP contribution in [0.25, 0.3) is 0 Å². The van der Waals surface area contributed by atoms with E-state index in [1.165, 1.54) is 0 Å². The molecule has 0 bridgehead atoms. The van der Waals surface area contributed by atoms with E-state index in [-0.39, 0.29) is 11.9 Å². The second-order valence-electron chi connectivity index (χ2n) is 5.62. The first-order valence-corrected chi connectivity index (χ1v) is 7.57. The van der Waals surface area contributed by atoms with Crippen LogP contribution in [0.4, 0.5) is 5.69 Å². The van der Waals surface area contributed by atoms with Crippen molar-refractivity contribution in [3.63, 3.8) is 0 Å². The lowest BCUT2D eigenvalue weighted by atomic mass is 10.0. The zero-order chi connectivity index (χ0) is 16.2. The molecule has 118 valence electrons. The first kappa shape index (κ1) is 15.0. The standard InChI is InChI=1S/C16H18N6O/c1-21-7-6-15(20-21)16(23)19-12-4-8-22(9-5-12)14-3-2-13(10-17)18-11-14/h2-3,6-7,11-12H,4-5,8-9H2,1H3,(H,19,23). The van der Waals surface area contributed by atoms with Gasteiger partial charge in [-0.05, 0) is 31.0 Å². The number of pyridine rings is 1. The lowest BCUT2D eigenvalue weighted by molar-refractivity contribution is 0.0925. The fourth-order valence-electron chi connectivity index (χ4n) is 2.72. The van der Waals surface area contributed by atoms with Gasteiger partial charge in [0.25, 0.3) is 5.91 Å². The molecular weight excluding hydrogens is 292 g/mol. The number of nitriles is 1. The minimum atomic E-state index is -0.121. The Morgan fingerprint density at radius 3 is 2.70 bits per heavy atom. The molecule has 3 rings (SSSR count). The molecule has 7 nitrogen and oxygen atoms in total. The van der Waals surface area contributed by atoms with Gasteiger partial charge in [-0.25, -0.2) is 4.98 Å². The number of nitrogens with zero attached hydrogens (tertiary/aromatic N) is 5. The molecule has 3 heterocycles. The molecule has 1 fully saturated rings. The molecule has 0 unspecified atom stereocenters. The molecule has 0 radical (unpaired) electrons. The molecule has 2 aromatic heterocycles. The van der Waals surface area contributed by atoms with E-state index in [1.807, 2.05) is 12.1 Å². The van der Waals surface area contributed by atoms with Crippen LogP contribution in [0.3, 0.4) is 0 Å². The van der Waals surface area contributed by atoms with E-state index in [0.717, 1.165) is 31.6 Å². The van der Waals surface area contributed by atoms with E-state index >= 15 is 0 Å². The van der Waals surface area contributed by atoms with Crippen molar-refractivity contribution in [3.05, 3.63) is 42.0 Å². The number of aromatic nitrogens is 3. The molecule has 0 spiro atoms. The Balaban J connectivity index is 1.53. The summed E-state index contributed by atoms with van der Waals surface area (Å²) in [4.78, 5) is 18.4. The van der Waals surface area contributed by atoms with Gasteiger partial charge >= 0.3 is 0 Å². The molecule has 1 saturated heterocycles. The van der Waals surface area contributed by atoms with Crippen LogP contribution < -0.4 is 10.2 Å². The Morgan fingerprint density at radius 2 is 2.13 bits per heavy atom. The Morgan fingerprint density at radius 1 is 1.35 bits per heavy atom. The number of hydrogen-bond acceptors (Lipinski definition) is 5. The van der Waals surface area contributed by atoms with Crippen molar-refractivity contribution in [2.45, 2.75) is 18.9 Å². The van der Waals surface area contributed by atoms with Gasteiger partial charge in [-0.15, -0.1) is 0 Å². The SMILES string of the molecule is Cn1ccc(C(=O)NC2CCN(c3ccc(C#N)nc3)CC2)n1. The van der Waals surface area contributed by atoms with Gasteiger partial charge in [-0.3, -0.25) is 9.48 Å². The van der Waals surface area contributed by atoms with Crippen LogP contribution in [0, 0.1) is 11.3 Å². The predicted octanol–water partition coefficient (Wildman–Crippen LogP) is 1.09. The molecule has 7 heteroatoms. The Bertz CT molecular complexity index is 722. The topological polar surface area (TPSA) is 86.8 Å². The second kappa shape index (κ2) is 6.48. The normalized spacial score (nSPS) is 15.2. The number of carbonyl (C=O) groups is 1. The minimum Gasteiger partial charge on any atom is -0.370 e. The third kappa shape index (κ3) is 3.48. The summed E-state index contributed by atoms with van der Waals surface area (Å²) in [7, 11) is 1.79. The summed E-state index contributed by atoms with van der Waals surface area (Å²) in [5.41, 5.74) is 1.89. The Labute approximate surface area is 134 Å². The summed E-state index contributed by atoms with van der Waals surface area (Å²) in [5.74, 6) is -0.121. The maximum atomic E-state index is 12.1. The molecule has 2 aromatic rings. The summed E-state index contributed by atoms with van der Waals surface area (Å²) in [6.07, 6.45) is 5.23. The van der Waals surface area contributed by atoms with E-state index in [0.29, 0.717) is 11.4 Å². The maximum absolute atomic E-state index is 12.1. The number of nitrogens with one attached hydrogen (secondary N) is 1. The first-order chi connectivity index (χ1) is 11.2. The van der Waals surface area contributed by atoms with Gasteiger partial charge in [-0.1, -0.05) is 0 Å². The van der Waals surface area contributed by atoms with Crippen molar-refractivity contribution in [2.24, 2.45) is 7.05 Å². The second-order valence-corrected chi connectivity index (χ2v) is 5.62. The molecule has 1 amide bonds. The van der Waals surface area contributed by atoms with Crippen LogP contribution in [0.15, 0.2) is 30.6 Å². The zero-order valence-electron chi connectivity index (χ0n) is 12.9. The van der Waals surface area contributed by atoms with E-state index in [4.69, 9.17) is 5.26 Å². The summed E-state index contributed by atoms with van der Waals surface area (Å²) >= 11 is 0. The number of carbonyl (C=O) groups excluding carboxylic acids is 1. The van der Waals surface area contributed by atoms with Gasteiger partial charge in [0.1, 0.15) is 17.5 Å². The smallest absolute Gasteiger partial charge is 0.271 e. The Kier molecular flexibility index (Phi) is 4.24. The Hall–Kier alpha value is -2.88. The van der Waals surface area contributed by atoms with Crippen LogP contribution in [0.2, 0.25) is 0 Å². The van der Waals surface area contributed by atoms with Crippen LogP contribution in [0.1, 0.15) is 29.0 Å². The van der Waals surface area contributed by atoms with Crippen LogP contribution in [-0.4, -0.2) is 39.8 Å². The van der Waals surface area contributed by atoms with E-state index in [9.17, 15) is 4.79 Å². The van der Waals surface area contributed by atoms with Gasteiger partial charge < -0.3 is 10.2 Å². The number of aryl methyl sites for hydroxylation is 1. The fraction of sp³-hybridized carbons (Fsp3) is 0.375. The number of rotatable bonds is 3. The molecule has 0 aliphatic carbocycles. The predicted molar refractivity (Wildman–Crippen MR) is 84.9 cm³/mol. The quantitative estimate of drug-likeness (QED) is 0.917. The number of amides is 1. The van der Waals surface area contributed by atoms with Gasteiger partial charge in [0.2, 0.25) is 0 Å². The third-order valence-electron chi connectivity index (χ3n) is 4.00. The molecule has 1 N–H and O–H groups in total. The van der Waals surface area contributed by atoms with Gasteiger partial charge in [0.05, 0.1) is 11.9 Å². The van der Waals surface area contributed by atoms with Gasteiger partial charge in [0.15, 0.2) is 0 Å². The minimum absolute atomic E-state index is 0.121. The lowest BCUT2D eigenvalue weighted by Gasteiger charge is -2.33. The average Bonchev–Trinajstić information content (AvgIpc) is 3.02. The largest absolute Gasteiger partial charge is 0.370 e. The fourth-order valence-corrected chi connectivity index (χ4v) is 2.72. The maximum Gasteiger partial charge on any atom is 0.271 e. The van der Waals surface area contributed by atoms with Crippen molar-refractivity contribution in [1.29, 1.82) is 5.26 Å². The summed E-state index contributed by atoms with van der Waals surface area (Å²) < 4.78 is 1.62. The highest BCUT2D eigenvalue weighted by Gasteiger charge is 2.22. The van der Waals surface area contributed by atoms with Crippen molar-refractivity contribution >= 4 is 11.6 Å². The average molecular weight is 310 g/mol. The van der Waals surface area contributed by atoms with Gasteiger partial charge in [-0.2, -0.15) is 10.4 Å². The summed E-state index contributed by atoms with van der Waals surface area (Å²) in [5, 5.41) is 15.9. The van der Waals surface area contributed by atoms with E-state index in [2.05, 4.69) is 20.3 Å². The third-order valence-corrected chi connectivity index (χ3v) is 4.00. The van der Waals surface area contributed by atoms with Crippen molar-refractivity contribution in [2.75, 3.05) is 18.0 Å². The molecule has 1 aliphatic rings. The number of anilines is 1. The van der Waals surface area contributed by atoms with Crippen LogP contribution in [-0.2, 0) is 7.05 Å². The van der Waals surface area contributed by atoms with E-state index < -0.39 is 0 Å². The summed E-state index contributed by atoms with van der Waals surface area (Å²) in [6.45, 7) is 1.70. The van der Waals surface area contributed by atoms with Crippen molar-refractivity contribution in [3.8, 4) is 6.07 Å². The molecule has 0 atom stereocenters. The monoisotopic (exact) mass is 310 g/mol. The highest BCUT2D eigenvalue weighted by atomic mass is 16.2. The van der Waals surface area contributed by atoms with Crippen LogP contribution in [0.5, 0.6) is 0 Å². The van der Waals surface area contributed by atoms with E-state index in [1.54, 1.807) is 36.3 Å². The van der Waals surface area contributed by atoms with Gasteiger partial charge in [0, 0.05) is 32.4 Å². The molecule has 0 saturated carbocycles. The zero-order valence-corrected chi connectivity index (χ0v) is 12.9. The molecule has 1 aliphatic heterocycles. The lowest BCUT2D eigenvalue weighted by Crippen LogP contribution is -2.44. The molecule has 0 aromatic carbocycles. The highest BCUT2D eigenvalue weighted by Crippen LogP contribution is 2.19. The highest BCUT2D eigenvalue weighted by molar-refractivity contribution is 5.92. The van der Waals surface area contributed by atoms with Crippen LogP contribution >= 0.6 is 0 Å². The molecule has 23 heavy (non-hydrogen) atoms. The molecular formula is C16H18N6O.